The molecule has 0 saturated carbocycles. The summed E-state index contributed by atoms with van der Waals surface area (Å²) in [5, 5.41) is 3.34. The molecule has 0 saturated heterocycles. The molecule has 5 heteroatoms. The van der Waals surface area contributed by atoms with Crippen molar-refractivity contribution in [2.45, 2.75) is 6.61 Å². The molecule has 0 fully saturated rings. The van der Waals surface area contributed by atoms with Gasteiger partial charge in [0.1, 0.15) is 6.61 Å². The van der Waals surface area contributed by atoms with E-state index < -0.39 is 5.76 Å². The molecule has 1 rings (SSSR count). The normalized spacial score (nSPS) is 9.89. The number of hydrogen-bond donors (Lipinski definition) is 1. The summed E-state index contributed by atoms with van der Waals surface area (Å²) < 4.78 is 8.82. The third-order valence-corrected chi connectivity index (χ3v) is 0.766. The van der Waals surface area contributed by atoms with Crippen molar-refractivity contribution >= 4 is 0 Å². The van der Waals surface area contributed by atoms with Crippen molar-refractivity contribution in [1.82, 2.24) is 10.1 Å². The topological polar surface area (TPSA) is 68.1 Å². The average molecular weight is 130 g/mol. The summed E-state index contributed by atoms with van der Waals surface area (Å²) in [4.78, 5) is 12.5. The van der Waals surface area contributed by atoms with Crippen LogP contribution < -0.4 is 5.76 Å². The Bertz CT molecular complexity index is 226. The number of ether oxygens (including phenoxy) is 1. The molecule has 0 unspecified atom stereocenters. The van der Waals surface area contributed by atoms with Crippen molar-refractivity contribution in [3.05, 3.63) is 16.4 Å². The van der Waals surface area contributed by atoms with Gasteiger partial charge in [0.2, 0.25) is 0 Å². The second-order valence-corrected chi connectivity index (χ2v) is 1.47. The van der Waals surface area contributed by atoms with Gasteiger partial charge in [-0.3, -0.25) is 9.51 Å². The molecule has 50 valence electrons. The molecular formula is C4H6N2O3. The lowest BCUT2D eigenvalue weighted by atomic mass is 10.7. The molecule has 0 aliphatic carbocycles. The van der Waals surface area contributed by atoms with Crippen molar-refractivity contribution in [2.75, 3.05) is 7.11 Å². The summed E-state index contributed by atoms with van der Waals surface area (Å²) in [6, 6.07) is 0. The first-order chi connectivity index (χ1) is 4.33. The maximum Gasteiger partial charge on any atom is 0.438 e. The summed E-state index contributed by atoms with van der Waals surface area (Å²) in [6.45, 7) is 0.270. The average Bonchev–Trinajstić information content (AvgIpc) is 2.17. The van der Waals surface area contributed by atoms with Crippen molar-refractivity contribution in [2.24, 2.45) is 0 Å². The molecule has 0 radical (unpaired) electrons. The standard InChI is InChI=1S/C4H6N2O3/c1-8-2-3-5-4(7)9-6-3/h2H2,1H3,(H,5,6,7). The number of hydrogen-bond acceptors (Lipinski definition) is 4. The molecule has 0 aromatic carbocycles. The smallest absolute Gasteiger partial charge is 0.377 e. The van der Waals surface area contributed by atoms with Crippen LogP contribution in [0.15, 0.2) is 9.32 Å². The van der Waals surface area contributed by atoms with Crippen LogP contribution in [-0.4, -0.2) is 17.3 Å². The Hall–Kier alpha value is -1.10. The quantitative estimate of drug-likeness (QED) is 0.586. The van der Waals surface area contributed by atoms with Crippen molar-refractivity contribution < 1.29 is 9.26 Å². The molecule has 1 aromatic rings. The Morgan fingerprint density at radius 2 is 2.67 bits per heavy atom. The van der Waals surface area contributed by atoms with Gasteiger partial charge >= 0.3 is 5.76 Å². The van der Waals surface area contributed by atoms with Gasteiger partial charge < -0.3 is 4.74 Å². The highest BCUT2D eigenvalue weighted by Gasteiger charge is 1.96. The number of nitrogens with zero attached hydrogens (tertiary/aromatic N) is 1. The maximum absolute atomic E-state index is 10.2. The minimum atomic E-state index is -0.554. The second kappa shape index (κ2) is 2.45. The summed E-state index contributed by atoms with van der Waals surface area (Å²) >= 11 is 0. The van der Waals surface area contributed by atoms with Gasteiger partial charge in [0.05, 0.1) is 0 Å². The van der Waals surface area contributed by atoms with Gasteiger partial charge in [0.15, 0.2) is 5.82 Å². The lowest BCUT2D eigenvalue weighted by Crippen LogP contribution is -1.97. The van der Waals surface area contributed by atoms with Crippen LogP contribution in [0.1, 0.15) is 5.82 Å². The van der Waals surface area contributed by atoms with E-state index in [-0.39, 0.29) is 6.61 Å². The fourth-order valence-electron chi connectivity index (χ4n) is 0.459. The Kier molecular flexibility index (Phi) is 1.64. The molecule has 5 nitrogen and oxygen atoms in total. The van der Waals surface area contributed by atoms with Crippen molar-refractivity contribution in [1.29, 1.82) is 0 Å². The zero-order chi connectivity index (χ0) is 6.69. The maximum atomic E-state index is 10.2. The Labute approximate surface area is 50.6 Å². The molecule has 1 heterocycles. The van der Waals surface area contributed by atoms with Crippen LogP contribution in [0.4, 0.5) is 0 Å². The molecule has 0 amide bonds. The third-order valence-electron chi connectivity index (χ3n) is 0.766. The van der Waals surface area contributed by atoms with Gasteiger partial charge in [-0.15, -0.1) is 0 Å². The van der Waals surface area contributed by atoms with Crippen molar-refractivity contribution in [3.63, 3.8) is 0 Å². The van der Waals surface area contributed by atoms with Crippen LogP contribution in [0.5, 0.6) is 0 Å². The molecule has 1 N–H and O–H groups in total. The summed E-state index contributed by atoms with van der Waals surface area (Å²) in [5.74, 6) is -0.149. The van der Waals surface area contributed by atoms with Gasteiger partial charge in [-0.2, -0.15) is 0 Å². The number of methoxy groups -OCH3 is 1. The van der Waals surface area contributed by atoms with E-state index in [1.54, 1.807) is 0 Å². The molecule has 0 spiro atoms. The fraction of sp³-hybridized carbons (Fsp3) is 0.500. The van der Waals surface area contributed by atoms with Crippen molar-refractivity contribution in [3.8, 4) is 0 Å². The molecule has 1 aromatic heterocycles. The zero-order valence-electron chi connectivity index (χ0n) is 4.88. The van der Waals surface area contributed by atoms with Gasteiger partial charge in [0, 0.05) is 7.11 Å². The molecule has 0 aliphatic rings. The predicted octanol–water partition coefficient (Wildman–Crippen LogP) is -0.491. The lowest BCUT2D eigenvalue weighted by Gasteiger charge is -1.85. The van der Waals surface area contributed by atoms with Gasteiger partial charge in [0.25, 0.3) is 0 Å². The number of nitrogens with one attached hydrogen (secondary N) is 1. The van der Waals surface area contributed by atoms with Gasteiger partial charge in [-0.05, 0) is 0 Å². The van der Waals surface area contributed by atoms with Crippen LogP contribution in [0.25, 0.3) is 0 Å². The Morgan fingerprint density at radius 1 is 1.89 bits per heavy atom. The second-order valence-electron chi connectivity index (χ2n) is 1.47. The molecule has 9 heavy (non-hydrogen) atoms. The highest BCUT2D eigenvalue weighted by atomic mass is 16.5. The van der Waals surface area contributed by atoms with Crippen LogP contribution in [0, 0.1) is 0 Å². The first kappa shape index (κ1) is 6.03. The van der Waals surface area contributed by atoms with E-state index in [9.17, 15) is 4.79 Å². The van der Waals surface area contributed by atoms with E-state index in [0.717, 1.165) is 0 Å². The first-order valence-corrected chi connectivity index (χ1v) is 2.36. The van der Waals surface area contributed by atoms with E-state index in [2.05, 4.69) is 19.4 Å². The summed E-state index contributed by atoms with van der Waals surface area (Å²) in [6.07, 6.45) is 0. The molecular weight excluding hydrogens is 124 g/mol. The minimum Gasteiger partial charge on any atom is -0.377 e. The highest BCUT2D eigenvalue weighted by Crippen LogP contribution is 1.84. The Balaban J connectivity index is 2.73. The monoisotopic (exact) mass is 130 g/mol. The van der Waals surface area contributed by atoms with Crippen LogP contribution >= 0.6 is 0 Å². The molecule has 0 bridgehead atoms. The molecule has 0 atom stereocenters. The fourth-order valence-corrected chi connectivity index (χ4v) is 0.459. The SMILES string of the molecule is COCc1noc(=O)[nH]1. The van der Waals surface area contributed by atoms with Crippen LogP contribution in [0.2, 0.25) is 0 Å². The predicted molar refractivity (Wildman–Crippen MR) is 27.8 cm³/mol. The number of aromatic amines is 1. The zero-order valence-corrected chi connectivity index (χ0v) is 4.88. The minimum absolute atomic E-state index is 0.270. The van der Waals surface area contributed by atoms with E-state index >= 15 is 0 Å². The van der Waals surface area contributed by atoms with Gasteiger partial charge in [-0.25, -0.2) is 4.79 Å². The largest absolute Gasteiger partial charge is 0.438 e. The van der Waals surface area contributed by atoms with E-state index in [1.807, 2.05) is 0 Å². The molecule has 0 aliphatic heterocycles. The van der Waals surface area contributed by atoms with E-state index in [0.29, 0.717) is 5.82 Å². The summed E-state index contributed by atoms with van der Waals surface area (Å²) in [7, 11) is 1.51. The van der Waals surface area contributed by atoms with Crippen LogP contribution in [-0.2, 0) is 11.3 Å². The van der Waals surface area contributed by atoms with E-state index in [4.69, 9.17) is 0 Å². The third kappa shape index (κ3) is 1.39. The number of H-pyrrole nitrogens is 1. The summed E-state index contributed by atoms with van der Waals surface area (Å²) in [5.41, 5.74) is 0. The van der Waals surface area contributed by atoms with Crippen LogP contribution in [0.3, 0.4) is 0 Å². The number of aromatic nitrogens is 2. The Morgan fingerprint density at radius 3 is 3.11 bits per heavy atom. The highest BCUT2D eigenvalue weighted by molar-refractivity contribution is 4.72. The first-order valence-electron chi connectivity index (χ1n) is 2.36. The van der Waals surface area contributed by atoms with Gasteiger partial charge in [-0.1, -0.05) is 5.16 Å². The van der Waals surface area contributed by atoms with E-state index in [1.165, 1.54) is 7.11 Å². The number of rotatable bonds is 2. The lowest BCUT2D eigenvalue weighted by molar-refractivity contribution is 0.174.